The molecule has 1 aliphatic carbocycles. The van der Waals surface area contributed by atoms with Gasteiger partial charge in [-0.25, -0.2) is 0 Å². The van der Waals surface area contributed by atoms with E-state index in [1.807, 2.05) is 46.7 Å². The van der Waals surface area contributed by atoms with Gasteiger partial charge in [0, 0.05) is 27.7 Å². The average Bonchev–Trinajstić information content (AvgIpc) is 3.53. The van der Waals surface area contributed by atoms with Gasteiger partial charge in [-0.2, -0.15) is 0 Å². The molecular weight excluding hydrogens is 432 g/mol. The second kappa shape index (κ2) is 8.94. The number of nitrogens with zero attached hydrogens (tertiary/aromatic N) is 1. The summed E-state index contributed by atoms with van der Waals surface area (Å²) in [5.41, 5.74) is 2.50. The monoisotopic (exact) mass is 458 g/mol. The van der Waals surface area contributed by atoms with Crippen molar-refractivity contribution in [3.8, 4) is 0 Å². The first kappa shape index (κ1) is 21.6. The molecule has 1 aliphatic heterocycles. The van der Waals surface area contributed by atoms with Crippen LogP contribution in [0.3, 0.4) is 0 Å². The van der Waals surface area contributed by atoms with Gasteiger partial charge in [-0.3, -0.25) is 14.4 Å². The van der Waals surface area contributed by atoms with Gasteiger partial charge >= 0.3 is 0 Å². The molecule has 0 radical (unpaired) electrons. The first-order valence-corrected chi connectivity index (χ1v) is 12.3. The fourth-order valence-electron chi connectivity index (χ4n) is 5.22. The van der Waals surface area contributed by atoms with Crippen molar-refractivity contribution in [2.75, 3.05) is 5.32 Å². The second-order valence-corrected chi connectivity index (χ2v) is 9.78. The SMILES string of the molecule is CC(=O)c1cccc(NC(=O)[C@@H]2c3ccccc3C(=O)N(C3CCCC3)[C@@H]2c2cccs2)c1. The van der Waals surface area contributed by atoms with E-state index in [-0.39, 0.29) is 29.7 Å². The van der Waals surface area contributed by atoms with E-state index in [0.29, 0.717) is 16.8 Å². The third-order valence-electron chi connectivity index (χ3n) is 6.75. The summed E-state index contributed by atoms with van der Waals surface area (Å²) in [6.07, 6.45) is 4.12. The van der Waals surface area contributed by atoms with Crippen molar-refractivity contribution in [1.29, 1.82) is 0 Å². The highest BCUT2D eigenvalue weighted by molar-refractivity contribution is 7.10. The van der Waals surface area contributed by atoms with Crippen LogP contribution in [0.2, 0.25) is 0 Å². The molecule has 2 amide bonds. The van der Waals surface area contributed by atoms with Crippen LogP contribution < -0.4 is 5.32 Å². The van der Waals surface area contributed by atoms with E-state index in [1.54, 1.807) is 35.6 Å². The summed E-state index contributed by atoms with van der Waals surface area (Å²) in [7, 11) is 0. The van der Waals surface area contributed by atoms with Gasteiger partial charge in [0.1, 0.15) is 0 Å². The number of amides is 2. The molecule has 168 valence electrons. The first-order valence-electron chi connectivity index (χ1n) is 11.4. The summed E-state index contributed by atoms with van der Waals surface area (Å²) in [4.78, 5) is 42.4. The molecule has 1 saturated carbocycles. The van der Waals surface area contributed by atoms with Crippen LogP contribution in [0.5, 0.6) is 0 Å². The van der Waals surface area contributed by atoms with Crippen LogP contribution in [0.25, 0.3) is 0 Å². The van der Waals surface area contributed by atoms with E-state index in [4.69, 9.17) is 0 Å². The van der Waals surface area contributed by atoms with Crippen molar-refractivity contribution >= 4 is 34.6 Å². The lowest BCUT2D eigenvalue weighted by Gasteiger charge is -2.44. The summed E-state index contributed by atoms with van der Waals surface area (Å²) in [6.45, 7) is 1.51. The van der Waals surface area contributed by atoms with Crippen LogP contribution in [0.1, 0.15) is 75.7 Å². The highest BCUT2D eigenvalue weighted by Crippen LogP contribution is 2.47. The number of carbonyl (C=O) groups excluding carboxylic acids is 3. The molecule has 1 fully saturated rings. The number of fused-ring (bicyclic) bond motifs is 1. The topological polar surface area (TPSA) is 66.5 Å². The number of ketones is 1. The number of rotatable bonds is 5. The van der Waals surface area contributed by atoms with Crippen LogP contribution >= 0.6 is 11.3 Å². The van der Waals surface area contributed by atoms with Crippen LogP contribution in [0, 0.1) is 0 Å². The Labute approximate surface area is 197 Å². The molecular formula is C27H26N2O3S. The van der Waals surface area contributed by atoms with Crippen molar-refractivity contribution in [1.82, 2.24) is 4.90 Å². The minimum absolute atomic E-state index is 0.0125. The standard InChI is InChI=1S/C27H26N2O3S/c1-17(30)18-8-6-9-19(16-18)28-26(31)24-21-12-4-5-13-22(21)27(32)29(20-10-2-3-11-20)25(24)23-14-7-15-33-23/h4-9,12-16,20,24-25H,2-3,10-11H2,1H3,(H,28,31)/t24-,25-/m1/s1. The Hall–Kier alpha value is -3.25. The molecule has 1 N–H and O–H groups in total. The maximum Gasteiger partial charge on any atom is 0.254 e. The van der Waals surface area contributed by atoms with Gasteiger partial charge in [0.05, 0.1) is 12.0 Å². The number of hydrogen-bond acceptors (Lipinski definition) is 4. The molecule has 3 aromatic rings. The molecule has 0 saturated heterocycles. The summed E-state index contributed by atoms with van der Waals surface area (Å²) >= 11 is 1.58. The number of anilines is 1. The van der Waals surface area contributed by atoms with E-state index in [2.05, 4.69) is 5.32 Å². The first-order chi connectivity index (χ1) is 16.0. The number of carbonyl (C=O) groups is 3. The number of benzene rings is 2. The predicted octanol–water partition coefficient (Wildman–Crippen LogP) is 5.81. The zero-order valence-electron chi connectivity index (χ0n) is 18.5. The van der Waals surface area contributed by atoms with E-state index < -0.39 is 5.92 Å². The minimum Gasteiger partial charge on any atom is -0.327 e. The lowest BCUT2D eigenvalue weighted by atomic mass is 9.80. The Bertz CT molecular complexity index is 1200. The summed E-state index contributed by atoms with van der Waals surface area (Å²) in [5, 5.41) is 5.04. The van der Waals surface area contributed by atoms with Gasteiger partial charge in [0.25, 0.3) is 5.91 Å². The lowest BCUT2D eigenvalue weighted by Crippen LogP contribution is -2.49. The fourth-order valence-corrected chi connectivity index (χ4v) is 6.08. The Morgan fingerprint density at radius 2 is 1.79 bits per heavy atom. The Kier molecular flexibility index (Phi) is 5.85. The highest BCUT2D eigenvalue weighted by atomic mass is 32.1. The van der Waals surface area contributed by atoms with Crippen molar-refractivity contribution in [2.24, 2.45) is 0 Å². The van der Waals surface area contributed by atoms with Crippen molar-refractivity contribution in [3.63, 3.8) is 0 Å². The Morgan fingerprint density at radius 3 is 2.52 bits per heavy atom. The van der Waals surface area contributed by atoms with E-state index >= 15 is 0 Å². The van der Waals surface area contributed by atoms with Crippen LogP contribution in [0.15, 0.2) is 66.0 Å². The second-order valence-electron chi connectivity index (χ2n) is 8.80. The van der Waals surface area contributed by atoms with Gasteiger partial charge in [0.2, 0.25) is 5.91 Å². The molecule has 2 heterocycles. The van der Waals surface area contributed by atoms with Crippen molar-refractivity contribution in [2.45, 2.75) is 50.6 Å². The average molecular weight is 459 g/mol. The molecule has 5 rings (SSSR count). The van der Waals surface area contributed by atoms with Gasteiger partial charge < -0.3 is 10.2 Å². The number of Topliss-reactive ketones (excluding diaryl/α,β-unsaturated/α-hetero) is 1. The van der Waals surface area contributed by atoms with E-state index in [1.165, 1.54) is 6.92 Å². The maximum absolute atomic E-state index is 13.9. The highest BCUT2D eigenvalue weighted by Gasteiger charge is 2.47. The largest absolute Gasteiger partial charge is 0.327 e. The third-order valence-corrected chi connectivity index (χ3v) is 7.69. The predicted molar refractivity (Wildman–Crippen MR) is 130 cm³/mol. The molecule has 2 aromatic carbocycles. The summed E-state index contributed by atoms with van der Waals surface area (Å²) in [5.74, 6) is -0.752. The fraction of sp³-hybridized carbons (Fsp3) is 0.296. The summed E-state index contributed by atoms with van der Waals surface area (Å²) in [6, 6.07) is 18.3. The molecule has 2 aliphatic rings. The van der Waals surface area contributed by atoms with E-state index in [0.717, 1.165) is 36.1 Å². The zero-order chi connectivity index (χ0) is 22.9. The lowest BCUT2D eigenvalue weighted by molar-refractivity contribution is -0.119. The van der Waals surface area contributed by atoms with Crippen molar-refractivity contribution < 1.29 is 14.4 Å². The molecule has 1 aromatic heterocycles. The Balaban J connectivity index is 1.60. The molecule has 2 atom stereocenters. The third kappa shape index (κ3) is 4.00. The molecule has 0 bridgehead atoms. The molecule has 33 heavy (non-hydrogen) atoms. The van der Waals surface area contributed by atoms with Crippen LogP contribution in [-0.2, 0) is 4.79 Å². The molecule has 5 nitrogen and oxygen atoms in total. The number of hydrogen-bond donors (Lipinski definition) is 1. The van der Waals surface area contributed by atoms with Crippen molar-refractivity contribution in [3.05, 3.63) is 87.6 Å². The smallest absolute Gasteiger partial charge is 0.254 e. The summed E-state index contributed by atoms with van der Waals surface area (Å²) < 4.78 is 0. The van der Waals surface area contributed by atoms with Gasteiger partial charge in [-0.05, 0) is 55.0 Å². The molecule has 0 unspecified atom stereocenters. The normalized spacial score (nSPS) is 20.5. The van der Waals surface area contributed by atoms with Crippen LogP contribution in [0.4, 0.5) is 5.69 Å². The number of nitrogens with one attached hydrogen (secondary N) is 1. The molecule has 0 spiro atoms. The maximum atomic E-state index is 13.9. The molecule has 6 heteroatoms. The van der Waals surface area contributed by atoms with Crippen LogP contribution in [-0.4, -0.2) is 28.5 Å². The van der Waals surface area contributed by atoms with Gasteiger partial charge in [-0.1, -0.05) is 49.2 Å². The van der Waals surface area contributed by atoms with E-state index in [9.17, 15) is 14.4 Å². The number of thiophene rings is 1. The zero-order valence-corrected chi connectivity index (χ0v) is 19.3. The minimum atomic E-state index is -0.542. The van der Waals surface area contributed by atoms with Gasteiger partial charge in [0.15, 0.2) is 5.78 Å². The quantitative estimate of drug-likeness (QED) is 0.491. The van der Waals surface area contributed by atoms with Gasteiger partial charge in [-0.15, -0.1) is 11.3 Å². The Morgan fingerprint density at radius 1 is 1.00 bits per heavy atom.